The van der Waals surface area contributed by atoms with Crippen LogP contribution in [0.5, 0.6) is 11.5 Å². The third kappa shape index (κ3) is 3.61. The van der Waals surface area contributed by atoms with Crippen molar-refractivity contribution in [3.8, 4) is 11.5 Å². The van der Waals surface area contributed by atoms with Crippen LogP contribution < -0.4 is 9.47 Å². The number of aliphatic hydroxyl groups is 2. The van der Waals surface area contributed by atoms with Crippen LogP contribution in [0, 0.1) is 0 Å². The maximum atomic E-state index is 9.81. The minimum absolute atomic E-state index is 0.0772. The van der Waals surface area contributed by atoms with E-state index in [1.54, 1.807) is 6.07 Å². The van der Waals surface area contributed by atoms with E-state index in [9.17, 15) is 10.2 Å². The summed E-state index contributed by atoms with van der Waals surface area (Å²) in [6, 6.07) is 5.44. The number of benzene rings is 1. The lowest BCUT2D eigenvalue weighted by Crippen LogP contribution is -2.26. The van der Waals surface area contributed by atoms with Gasteiger partial charge >= 0.3 is 0 Å². The van der Waals surface area contributed by atoms with Crippen LogP contribution in [0.1, 0.15) is 38.2 Å². The van der Waals surface area contributed by atoms with Crippen LogP contribution in [0.3, 0.4) is 0 Å². The molecule has 0 heterocycles. The van der Waals surface area contributed by atoms with E-state index in [4.69, 9.17) is 9.47 Å². The molecule has 2 atom stereocenters. The molecule has 0 radical (unpaired) electrons. The van der Waals surface area contributed by atoms with Crippen molar-refractivity contribution >= 4 is 0 Å². The summed E-state index contributed by atoms with van der Waals surface area (Å²) in [7, 11) is 0. The van der Waals surface area contributed by atoms with Crippen molar-refractivity contribution in [3.05, 3.63) is 23.8 Å². The second-order valence-corrected chi connectivity index (χ2v) is 4.93. The zero-order valence-corrected chi connectivity index (χ0v) is 11.3. The second kappa shape index (κ2) is 6.78. The maximum absolute atomic E-state index is 9.81. The SMILES string of the molecule is CCCOc1ccc(CO)c(OC2CCCC2O)c1. The Morgan fingerprint density at radius 3 is 2.79 bits per heavy atom. The monoisotopic (exact) mass is 266 g/mol. The fourth-order valence-corrected chi connectivity index (χ4v) is 2.29. The molecule has 1 aliphatic carbocycles. The summed E-state index contributed by atoms with van der Waals surface area (Å²) in [5.74, 6) is 1.35. The Kier molecular flexibility index (Phi) is 5.05. The first-order valence-electron chi connectivity index (χ1n) is 6.96. The van der Waals surface area contributed by atoms with Gasteiger partial charge in [0.15, 0.2) is 0 Å². The molecule has 1 aromatic carbocycles. The number of hydrogen-bond donors (Lipinski definition) is 2. The predicted molar refractivity (Wildman–Crippen MR) is 72.4 cm³/mol. The van der Waals surface area contributed by atoms with Crippen molar-refractivity contribution in [2.45, 2.75) is 51.4 Å². The van der Waals surface area contributed by atoms with Crippen molar-refractivity contribution in [2.24, 2.45) is 0 Å². The Hall–Kier alpha value is -1.26. The van der Waals surface area contributed by atoms with Crippen LogP contribution in [-0.4, -0.2) is 29.0 Å². The normalized spacial score (nSPS) is 22.5. The molecule has 19 heavy (non-hydrogen) atoms. The van der Waals surface area contributed by atoms with E-state index in [0.29, 0.717) is 12.4 Å². The summed E-state index contributed by atoms with van der Waals surface area (Å²) in [6.07, 6.45) is 2.97. The summed E-state index contributed by atoms with van der Waals surface area (Å²) >= 11 is 0. The van der Waals surface area contributed by atoms with Crippen molar-refractivity contribution in [1.29, 1.82) is 0 Å². The molecule has 0 aromatic heterocycles. The summed E-state index contributed by atoms with van der Waals surface area (Å²) < 4.78 is 11.4. The molecule has 0 amide bonds. The fraction of sp³-hybridized carbons (Fsp3) is 0.600. The highest BCUT2D eigenvalue weighted by Gasteiger charge is 2.27. The van der Waals surface area contributed by atoms with Gasteiger partial charge in [-0.1, -0.05) is 6.92 Å². The Morgan fingerprint density at radius 1 is 1.32 bits per heavy atom. The smallest absolute Gasteiger partial charge is 0.129 e. The molecule has 4 heteroatoms. The molecule has 106 valence electrons. The molecule has 1 fully saturated rings. The van der Waals surface area contributed by atoms with E-state index in [1.807, 2.05) is 19.1 Å². The van der Waals surface area contributed by atoms with Gasteiger partial charge in [-0.05, 0) is 37.8 Å². The third-order valence-corrected chi connectivity index (χ3v) is 3.38. The molecule has 0 spiro atoms. The Morgan fingerprint density at radius 2 is 2.16 bits per heavy atom. The van der Waals surface area contributed by atoms with Crippen LogP contribution >= 0.6 is 0 Å². The molecular formula is C15H22O4. The molecule has 1 aromatic rings. The molecule has 1 saturated carbocycles. The highest BCUT2D eigenvalue weighted by molar-refractivity contribution is 5.40. The number of rotatable bonds is 6. The molecule has 2 unspecified atom stereocenters. The van der Waals surface area contributed by atoms with Crippen molar-refractivity contribution in [2.75, 3.05) is 6.61 Å². The van der Waals surface area contributed by atoms with Crippen molar-refractivity contribution < 1.29 is 19.7 Å². The van der Waals surface area contributed by atoms with Crippen LogP contribution in [-0.2, 0) is 6.61 Å². The standard InChI is InChI=1S/C15H22O4/c1-2-8-18-12-7-6-11(10-16)15(9-12)19-14-5-3-4-13(14)17/h6-7,9,13-14,16-17H,2-5,8,10H2,1H3. The lowest BCUT2D eigenvalue weighted by molar-refractivity contribution is 0.0587. The van der Waals surface area contributed by atoms with Crippen molar-refractivity contribution in [3.63, 3.8) is 0 Å². The van der Waals surface area contributed by atoms with Crippen LogP contribution in [0.25, 0.3) is 0 Å². The fourth-order valence-electron chi connectivity index (χ4n) is 2.29. The Bertz CT molecular complexity index is 405. The highest BCUT2D eigenvalue weighted by Crippen LogP contribution is 2.30. The predicted octanol–water partition coefficient (Wildman–Crippen LogP) is 2.26. The van der Waals surface area contributed by atoms with Gasteiger partial charge in [0.2, 0.25) is 0 Å². The van der Waals surface area contributed by atoms with E-state index in [1.165, 1.54) is 0 Å². The van der Waals surface area contributed by atoms with E-state index < -0.39 is 6.10 Å². The van der Waals surface area contributed by atoms with Gasteiger partial charge in [-0.25, -0.2) is 0 Å². The van der Waals surface area contributed by atoms with Gasteiger partial charge < -0.3 is 19.7 Å². The van der Waals surface area contributed by atoms with Crippen LogP contribution in [0.15, 0.2) is 18.2 Å². The van der Waals surface area contributed by atoms with Gasteiger partial charge in [0.1, 0.15) is 17.6 Å². The van der Waals surface area contributed by atoms with Crippen LogP contribution in [0.4, 0.5) is 0 Å². The van der Waals surface area contributed by atoms with Gasteiger partial charge in [-0.15, -0.1) is 0 Å². The second-order valence-electron chi connectivity index (χ2n) is 4.93. The average Bonchev–Trinajstić information content (AvgIpc) is 2.82. The molecule has 0 bridgehead atoms. The van der Waals surface area contributed by atoms with E-state index in [0.717, 1.165) is 37.0 Å². The van der Waals surface area contributed by atoms with Gasteiger partial charge in [0, 0.05) is 11.6 Å². The lowest BCUT2D eigenvalue weighted by Gasteiger charge is -2.19. The van der Waals surface area contributed by atoms with Crippen LogP contribution in [0.2, 0.25) is 0 Å². The lowest BCUT2D eigenvalue weighted by atomic mass is 10.2. The largest absolute Gasteiger partial charge is 0.493 e. The number of aliphatic hydroxyl groups excluding tert-OH is 2. The van der Waals surface area contributed by atoms with E-state index in [2.05, 4.69) is 0 Å². The minimum Gasteiger partial charge on any atom is -0.493 e. The van der Waals surface area contributed by atoms with Gasteiger partial charge in [0.25, 0.3) is 0 Å². The Balaban J connectivity index is 2.11. The topological polar surface area (TPSA) is 58.9 Å². The van der Waals surface area contributed by atoms with Gasteiger partial charge in [-0.2, -0.15) is 0 Å². The first kappa shape index (κ1) is 14.2. The zero-order chi connectivity index (χ0) is 13.7. The molecule has 1 aliphatic rings. The molecule has 0 aliphatic heterocycles. The molecule has 2 rings (SSSR count). The van der Waals surface area contributed by atoms with E-state index in [-0.39, 0.29) is 12.7 Å². The summed E-state index contributed by atoms with van der Waals surface area (Å²) in [4.78, 5) is 0. The molecular weight excluding hydrogens is 244 g/mol. The molecule has 0 saturated heterocycles. The average molecular weight is 266 g/mol. The molecule has 4 nitrogen and oxygen atoms in total. The third-order valence-electron chi connectivity index (χ3n) is 3.38. The first-order chi connectivity index (χ1) is 9.24. The summed E-state index contributed by atoms with van der Waals surface area (Å²) in [5.41, 5.74) is 0.725. The molecule has 2 N–H and O–H groups in total. The number of ether oxygens (including phenoxy) is 2. The van der Waals surface area contributed by atoms with Gasteiger partial charge in [0.05, 0.1) is 19.3 Å². The van der Waals surface area contributed by atoms with Crippen molar-refractivity contribution in [1.82, 2.24) is 0 Å². The first-order valence-corrected chi connectivity index (χ1v) is 6.96. The van der Waals surface area contributed by atoms with Gasteiger partial charge in [-0.3, -0.25) is 0 Å². The quantitative estimate of drug-likeness (QED) is 0.829. The number of hydrogen-bond acceptors (Lipinski definition) is 4. The zero-order valence-electron chi connectivity index (χ0n) is 11.3. The summed E-state index contributed by atoms with van der Waals surface area (Å²) in [5, 5.41) is 19.1. The Labute approximate surface area is 114 Å². The summed E-state index contributed by atoms with van der Waals surface area (Å²) in [6.45, 7) is 2.63. The van der Waals surface area contributed by atoms with E-state index >= 15 is 0 Å². The minimum atomic E-state index is -0.410. The highest BCUT2D eigenvalue weighted by atomic mass is 16.5. The maximum Gasteiger partial charge on any atom is 0.129 e.